The predicted molar refractivity (Wildman–Crippen MR) is 142 cm³/mol. The highest BCUT2D eigenvalue weighted by molar-refractivity contribution is 5.99. The molecule has 4 rings (SSSR count). The Hall–Kier alpha value is -2.09. The van der Waals surface area contributed by atoms with E-state index in [4.69, 9.17) is 0 Å². The number of unbranched alkanes of at least 4 members (excludes halogenated alkanes) is 2. The van der Waals surface area contributed by atoms with Gasteiger partial charge in [0.05, 0.1) is 5.39 Å². The summed E-state index contributed by atoms with van der Waals surface area (Å²) in [6.45, 7) is 23.4. The Morgan fingerprint density at radius 1 is 1.03 bits per heavy atom. The summed E-state index contributed by atoms with van der Waals surface area (Å²) in [7, 11) is 0. The fraction of sp³-hybridized carbons (Fsp3) is 0.581. The first-order chi connectivity index (χ1) is 15.7. The minimum atomic E-state index is -0.125. The van der Waals surface area contributed by atoms with Crippen LogP contribution in [0, 0.1) is 13.8 Å². The number of aryl methyl sites for hydroxylation is 1. The highest BCUT2D eigenvalue weighted by atomic mass is 15.2. The lowest BCUT2D eigenvalue weighted by Gasteiger charge is -2.49. The lowest BCUT2D eigenvalue weighted by atomic mass is 9.58. The Balaban J connectivity index is 2.22. The topological polar surface area (TPSA) is 8.29 Å². The minimum absolute atomic E-state index is 0.0324. The molecule has 178 valence electrons. The van der Waals surface area contributed by atoms with Crippen molar-refractivity contribution >= 4 is 16.4 Å². The van der Waals surface area contributed by atoms with Gasteiger partial charge in [0.2, 0.25) is 0 Å². The van der Waals surface area contributed by atoms with Crippen molar-refractivity contribution in [1.29, 1.82) is 0 Å². The molecule has 2 aromatic heterocycles. The van der Waals surface area contributed by atoms with Crippen LogP contribution in [0.25, 0.3) is 16.4 Å². The van der Waals surface area contributed by atoms with E-state index in [1.165, 1.54) is 64.6 Å². The third kappa shape index (κ3) is 2.95. The van der Waals surface area contributed by atoms with Gasteiger partial charge in [0.15, 0.2) is 0 Å². The van der Waals surface area contributed by atoms with Gasteiger partial charge in [-0.25, -0.2) is 4.57 Å². The van der Waals surface area contributed by atoms with E-state index in [9.17, 15) is 0 Å². The van der Waals surface area contributed by atoms with Crippen LogP contribution in [0.4, 0.5) is 0 Å². The molecule has 0 N–H and O–H groups in total. The van der Waals surface area contributed by atoms with Crippen LogP contribution >= 0.6 is 0 Å². The molecule has 0 spiro atoms. The number of imidazole rings is 1. The molecule has 1 atom stereocenters. The number of rotatable bonds is 9. The van der Waals surface area contributed by atoms with Crippen LogP contribution in [-0.2, 0) is 16.4 Å². The van der Waals surface area contributed by atoms with Crippen molar-refractivity contribution in [2.45, 2.75) is 117 Å². The summed E-state index contributed by atoms with van der Waals surface area (Å²) in [5.41, 5.74) is 7.16. The van der Waals surface area contributed by atoms with Crippen molar-refractivity contribution < 1.29 is 4.57 Å². The Morgan fingerprint density at radius 2 is 1.73 bits per heavy atom. The molecule has 1 unspecified atom stereocenters. The van der Waals surface area contributed by atoms with Gasteiger partial charge in [-0.2, -0.15) is 4.40 Å². The van der Waals surface area contributed by atoms with Gasteiger partial charge in [0.1, 0.15) is 23.1 Å². The number of pyridine rings is 1. The van der Waals surface area contributed by atoms with Gasteiger partial charge in [-0.1, -0.05) is 85.6 Å². The molecular formula is C31H45N2+. The highest BCUT2D eigenvalue weighted by Gasteiger charge is 2.58. The van der Waals surface area contributed by atoms with Gasteiger partial charge in [-0.15, -0.1) is 0 Å². The molecule has 0 radical (unpaired) electrons. The smallest absolute Gasteiger partial charge is 0.217 e. The van der Waals surface area contributed by atoms with Crippen LogP contribution in [0.3, 0.4) is 0 Å². The van der Waals surface area contributed by atoms with Crippen molar-refractivity contribution in [1.82, 2.24) is 4.40 Å². The fourth-order valence-electron chi connectivity index (χ4n) is 7.36. The van der Waals surface area contributed by atoms with Gasteiger partial charge in [0, 0.05) is 24.8 Å². The lowest BCUT2D eigenvalue weighted by molar-refractivity contribution is -0.747. The maximum atomic E-state index is 4.46. The first-order valence-corrected chi connectivity index (χ1v) is 13.3. The average Bonchev–Trinajstić information content (AvgIpc) is 3.08. The van der Waals surface area contributed by atoms with E-state index in [2.05, 4.69) is 101 Å². The van der Waals surface area contributed by atoms with Gasteiger partial charge in [0.25, 0.3) is 5.65 Å². The van der Waals surface area contributed by atoms with E-state index in [0.29, 0.717) is 0 Å². The molecule has 1 aliphatic heterocycles. The SMILES string of the molecule is C=CC1(CC)[n+]2c(C)c(C)n3cc(C(C)(C)CCCCC)c4cccc(c4c32)C1(CC)CC. The summed E-state index contributed by atoms with van der Waals surface area (Å²) in [6, 6.07) is 7.14. The molecule has 3 heterocycles. The third-order valence-electron chi connectivity index (χ3n) is 9.46. The summed E-state index contributed by atoms with van der Waals surface area (Å²) >= 11 is 0. The second-order valence-electron chi connectivity index (χ2n) is 11.1. The Morgan fingerprint density at radius 3 is 2.30 bits per heavy atom. The second kappa shape index (κ2) is 8.29. The van der Waals surface area contributed by atoms with Gasteiger partial charge in [-0.05, 0) is 48.1 Å². The van der Waals surface area contributed by atoms with Crippen LogP contribution in [0.1, 0.15) is 109 Å². The van der Waals surface area contributed by atoms with Gasteiger partial charge in [-0.3, -0.25) is 0 Å². The van der Waals surface area contributed by atoms with Crippen molar-refractivity contribution in [2.24, 2.45) is 0 Å². The third-order valence-corrected chi connectivity index (χ3v) is 9.46. The average molecular weight is 446 g/mol. The summed E-state index contributed by atoms with van der Waals surface area (Å²) < 4.78 is 5.19. The highest BCUT2D eigenvalue weighted by Crippen LogP contribution is 2.53. The van der Waals surface area contributed by atoms with Crippen LogP contribution in [0.5, 0.6) is 0 Å². The summed E-state index contributed by atoms with van der Waals surface area (Å²) in [6.07, 6.45) is 13.1. The number of hydrogen-bond donors (Lipinski definition) is 0. The first kappa shape index (κ1) is 24.0. The molecule has 0 fully saturated rings. The molecule has 0 aliphatic carbocycles. The first-order valence-electron chi connectivity index (χ1n) is 13.3. The second-order valence-corrected chi connectivity index (χ2v) is 11.1. The number of benzene rings is 1. The summed E-state index contributed by atoms with van der Waals surface area (Å²) in [4.78, 5) is 0. The Bertz CT molecular complexity index is 1210. The fourth-order valence-corrected chi connectivity index (χ4v) is 7.36. The standard InChI is InChI=1S/C31H45N2/c1-10-15-16-20-29(8,9)26-21-32-22(6)23(7)33-28(32)27-24(26)18-17-19-25(27)30(11-2,12-3)31(33,13-4)14-5/h13,17-19,21H,4,10-12,14-16,20H2,1-3,5-9H3/q+1. The molecule has 2 heteroatoms. The molecule has 0 amide bonds. The van der Waals surface area contributed by atoms with Crippen LogP contribution in [0.2, 0.25) is 0 Å². The normalized spacial score (nSPS) is 19.6. The van der Waals surface area contributed by atoms with Crippen molar-refractivity contribution in [3.05, 3.63) is 59.6 Å². The van der Waals surface area contributed by atoms with Crippen molar-refractivity contribution in [3.63, 3.8) is 0 Å². The monoisotopic (exact) mass is 445 g/mol. The van der Waals surface area contributed by atoms with Gasteiger partial charge >= 0.3 is 0 Å². The molecule has 2 nitrogen and oxygen atoms in total. The van der Waals surface area contributed by atoms with E-state index in [0.717, 1.165) is 19.3 Å². The Labute approximate surface area is 201 Å². The molecule has 3 aromatic rings. The maximum absolute atomic E-state index is 4.46. The van der Waals surface area contributed by atoms with Crippen LogP contribution in [-0.4, -0.2) is 4.40 Å². The van der Waals surface area contributed by atoms with Crippen LogP contribution < -0.4 is 4.57 Å². The molecule has 0 bridgehead atoms. The van der Waals surface area contributed by atoms with Crippen molar-refractivity contribution in [2.75, 3.05) is 0 Å². The van der Waals surface area contributed by atoms with Crippen molar-refractivity contribution in [3.8, 4) is 0 Å². The summed E-state index contributed by atoms with van der Waals surface area (Å²) in [5, 5.41) is 2.93. The summed E-state index contributed by atoms with van der Waals surface area (Å²) in [5.74, 6) is 0. The van der Waals surface area contributed by atoms with Gasteiger partial charge < -0.3 is 0 Å². The number of aromatic nitrogens is 2. The zero-order valence-corrected chi connectivity index (χ0v) is 22.4. The zero-order valence-electron chi connectivity index (χ0n) is 22.4. The molecule has 0 saturated carbocycles. The molecular weight excluding hydrogens is 400 g/mol. The Kier molecular flexibility index (Phi) is 6.04. The van der Waals surface area contributed by atoms with Crippen LogP contribution in [0.15, 0.2) is 37.1 Å². The lowest BCUT2D eigenvalue weighted by Crippen LogP contribution is -2.68. The zero-order chi connectivity index (χ0) is 24.2. The number of nitrogens with zero attached hydrogens (tertiary/aromatic N) is 2. The van der Waals surface area contributed by atoms with E-state index in [-0.39, 0.29) is 16.4 Å². The molecule has 1 aliphatic rings. The quantitative estimate of drug-likeness (QED) is 0.178. The largest absolute Gasteiger partial charge is 0.295 e. The number of hydrogen-bond acceptors (Lipinski definition) is 0. The molecule has 33 heavy (non-hydrogen) atoms. The molecule has 1 aromatic carbocycles. The minimum Gasteiger partial charge on any atom is -0.217 e. The van der Waals surface area contributed by atoms with E-state index in [1.54, 1.807) is 0 Å². The number of allylic oxidation sites excluding steroid dienone is 1. The van der Waals surface area contributed by atoms with E-state index in [1.807, 2.05) is 0 Å². The predicted octanol–water partition coefficient (Wildman–Crippen LogP) is 8.22. The van der Waals surface area contributed by atoms with E-state index >= 15 is 0 Å². The van der Waals surface area contributed by atoms with E-state index < -0.39 is 0 Å². The molecule has 0 saturated heterocycles. The maximum Gasteiger partial charge on any atom is 0.295 e.